The first-order chi connectivity index (χ1) is 15.7. The molecule has 0 radical (unpaired) electrons. The minimum Gasteiger partial charge on any atom is -0.444 e. The monoisotopic (exact) mass is 458 g/mol. The Morgan fingerprint density at radius 1 is 1.06 bits per heavy atom. The van der Waals surface area contributed by atoms with E-state index in [1.54, 1.807) is 9.80 Å². The number of hydroxylamine groups is 2. The van der Waals surface area contributed by atoms with Crippen molar-refractivity contribution in [2.24, 2.45) is 0 Å². The molecule has 4 amide bonds. The number of likely N-dealkylation sites (tertiary alicyclic amines) is 1. The summed E-state index contributed by atoms with van der Waals surface area (Å²) < 4.78 is 5.43. The molecule has 0 spiro atoms. The lowest BCUT2D eigenvalue weighted by atomic mass is 9.99. The first-order valence-corrected chi connectivity index (χ1v) is 11.8. The molecular formula is C24H34N4O5. The van der Waals surface area contributed by atoms with Gasteiger partial charge in [-0.15, -0.1) is 0 Å². The van der Waals surface area contributed by atoms with Crippen LogP contribution >= 0.6 is 0 Å². The Morgan fingerprint density at radius 2 is 1.76 bits per heavy atom. The molecule has 4 rings (SSSR count). The van der Waals surface area contributed by atoms with E-state index in [9.17, 15) is 14.4 Å². The second kappa shape index (κ2) is 9.59. The SMILES string of the molecule is CC(C)(C)OC(=O)N1CCC(NC(=O)C2CC[C@@H]3CN2C(=O)N3OCc2ccccc2)CC1. The molecule has 3 heterocycles. The molecule has 9 nitrogen and oxygen atoms in total. The van der Waals surface area contributed by atoms with E-state index in [0.717, 1.165) is 12.0 Å². The Morgan fingerprint density at radius 3 is 2.42 bits per heavy atom. The Kier molecular flexibility index (Phi) is 6.78. The summed E-state index contributed by atoms with van der Waals surface area (Å²) in [5.74, 6) is -0.123. The number of piperidine rings is 2. The third-order valence-corrected chi connectivity index (χ3v) is 6.33. The van der Waals surface area contributed by atoms with Gasteiger partial charge in [-0.05, 0) is 52.0 Å². The third kappa shape index (κ3) is 5.58. The highest BCUT2D eigenvalue weighted by atomic mass is 16.7. The number of amides is 4. The molecule has 0 saturated carbocycles. The number of carbonyl (C=O) groups excluding carboxylic acids is 3. The van der Waals surface area contributed by atoms with Crippen LogP contribution in [0.2, 0.25) is 0 Å². The molecule has 1 N–H and O–H groups in total. The van der Waals surface area contributed by atoms with E-state index in [-0.39, 0.29) is 30.1 Å². The van der Waals surface area contributed by atoms with Crippen molar-refractivity contribution in [2.75, 3.05) is 19.6 Å². The Hall–Kier alpha value is -2.81. The van der Waals surface area contributed by atoms with Crippen LogP contribution in [0.5, 0.6) is 0 Å². The highest BCUT2D eigenvalue weighted by molar-refractivity contribution is 5.88. The van der Waals surface area contributed by atoms with Crippen LogP contribution in [0, 0.1) is 0 Å². The van der Waals surface area contributed by atoms with E-state index in [0.29, 0.717) is 45.5 Å². The molecule has 3 fully saturated rings. The fraction of sp³-hybridized carbons (Fsp3) is 0.625. The number of urea groups is 1. The zero-order chi connectivity index (χ0) is 23.6. The molecular weight excluding hydrogens is 424 g/mol. The number of benzene rings is 1. The van der Waals surface area contributed by atoms with E-state index < -0.39 is 11.6 Å². The molecule has 180 valence electrons. The van der Waals surface area contributed by atoms with Gasteiger partial charge in [0, 0.05) is 25.7 Å². The van der Waals surface area contributed by atoms with Gasteiger partial charge in [0.25, 0.3) is 0 Å². The third-order valence-electron chi connectivity index (χ3n) is 6.33. The van der Waals surface area contributed by atoms with E-state index in [2.05, 4.69) is 5.32 Å². The maximum absolute atomic E-state index is 13.0. The fourth-order valence-electron chi connectivity index (χ4n) is 4.62. The quantitative estimate of drug-likeness (QED) is 0.733. The molecule has 0 aliphatic carbocycles. The zero-order valence-electron chi connectivity index (χ0n) is 19.7. The van der Waals surface area contributed by atoms with Crippen LogP contribution in [-0.2, 0) is 21.0 Å². The highest BCUT2D eigenvalue weighted by Gasteiger charge is 2.48. The summed E-state index contributed by atoms with van der Waals surface area (Å²) in [6.45, 7) is 7.44. The van der Waals surface area contributed by atoms with Crippen molar-refractivity contribution in [3.63, 3.8) is 0 Å². The number of rotatable bonds is 5. The van der Waals surface area contributed by atoms with Crippen molar-refractivity contribution >= 4 is 18.0 Å². The predicted molar refractivity (Wildman–Crippen MR) is 121 cm³/mol. The lowest BCUT2D eigenvalue weighted by Crippen LogP contribution is -2.54. The van der Waals surface area contributed by atoms with E-state index >= 15 is 0 Å². The van der Waals surface area contributed by atoms with Crippen molar-refractivity contribution in [2.45, 2.75) is 76.8 Å². The topological polar surface area (TPSA) is 91.4 Å². The molecule has 1 aromatic carbocycles. The van der Waals surface area contributed by atoms with Gasteiger partial charge < -0.3 is 19.9 Å². The van der Waals surface area contributed by atoms with Crippen LogP contribution in [0.25, 0.3) is 0 Å². The summed E-state index contributed by atoms with van der Waals surface area (Å²) in [7, 11) is 0. The van der Waals surface area contributed by atoms with E-state index in [4.69, 9.17) is 9.57 Å². The fourth-order valence-corrected chi connectivity index (χ4v) is 4.62. The van der Waals surface area contributed by atoms with E-state index in [1.807, 2.05) is 51.1 Å². The van der Waals surface area contributed by atoms with Crippen LogP contribution in [-0.4, -0.2) is 76.3 Å². The molecule has 3 aliphatic heterocycles. The largest absolute Gasteiger partial charge is 0.444 e. The molecule has 1 aromatic rings. The van der Waals surface area contributed by atoms with Gasteiger partial charge in [-0.25, -0.2) is 9.59 Å². The van der Waals surface area contributed by atoms with Crippen LogP contribution < -0.4 is 5.32 Å². The van der Waals surface area contributed by atoms with Crippen molar-refractivity contribution in [1.82, 2.24) is 20.2 Å². The van der Waals surface area contributed by atoms with Crippen molar-refractivity contribution in [1.29, 1.82) is 0 Å². The summed E-state index contributed by atoms with van der Waals surface area (Å²) in [5, 5.41) is 4.55. The van der Waals surface area contributed by atoms with Crippen molar-refractivity contribution < 1.29 is 24.0 Å². The van der Waals surface area contributed by atoms with Crippen molar-refractivity contribution in [3.05, 3.63) is 35.9 Å². The number of nitrogens with one attached hydrogen (secondary N) is 1. The average Bonchev–Trinajstić information content (AvgIpc) is 3.01. The number of hydrogen-bond donors (Lipinski definition) is 1. The first-order valence-electron chi connectivity index (χ1n) is 11.8. The second-order valence-corrected chi connectivity index (χ2v) is 10.0. The van der Waals surface area contributed by atoms with Gasteiger partial charge in [0.15, 0.2) is 0 Å². The zero-order valence-corrected chi connectivity index (χ0v) is 19.7. The van der Waals surface area contributed by atoms with Crippen molar-refractivity contribution in [3.8, 4) is 0 Å². The van der Waals surface area contributed by atoms with Crippen LogP contribution in [0.4, 0.5) is 9.59 Å². The van der Waals surface area contributed by atoms with Crippen LogP contribution in [0.1, 0.15) is 52.0 Å². The maximum atomic E-state index is 13.0. The highest BCUT2D eigenvalue weighted by Crippen LogP contribution is 2.31. The van der Waals surface area contributed by atoms with Gasteiger partial charge in [-0.1, -0.05) is 30.3 Å². The molecule has 0 aromatic heterocycles. The average molecular weight is 459 g/mol. The normalized spacial score (nSPS) is 23.6. The summed E-state index contributed by atoms with van der Waals surface area (Å²) in [5.41, 5.74) is 0.468. The Labute approximate surface area is 194 Å². The standard InChI is InChI=1S/C24H34N4O5/c1-24(2,3)33-23(31)26-13-11-18(12-14-26)25-21(29)20-10-9-19-15-27(20)22(30)28(19)32-16-17-7-5-4-6-8-17/h4-8,18-20H,9-16H2,1-3H3,(H,25,29)/t19-,20?/m1/s1. The maximum Gasteiger partial charge on any atom is 0.410 e. The number of hydrogen-bond acceptors (Lipinski definition) is 5. The smallest absolute Gasteiger partial charge is 0.410 e. The molecule has 2 bridgehead atoms. The Bertz CT molecular complexity index is 863. The van der Waals surface area contributed by atoms with Gasteiger partial charge in [0.2, 0.25) is 5.91 Å². The molecule has 1 unspecified atom stereocenters. The number of fused-ring (bicyclic) bond motifs is 2. The van der Waals surface area contributed by atoms with Crippen LogP contribution in [0.15, 0.2) is 30.3 Å². The molecule has 33 heavy (non-hydrogen) atoms. The lowest BCUT2D eigenvalue weighted by Gasteiger charge is -2.35. The molecule has 3 aliphatic rings. The second-order valence-electron chi connectivity index (χ2n) is 10.0. The molecule has 2 atom stereocenters. The summed E-state index contributed by atoms with van der Waals surface area (Å²) in [6, 6.07) is 8.95. The minimum atomic E-state index is -0.526. The van der Waals surface area contributed by atoms with Gasteiger partial charge in [-0.3, -0.25) is 9.63 Å². The van der Waals surface area contributed by atoms with E-state index in [1.165, 1.54) is 5.06 Å². The Balaban J connectivity index is 1.26. The number of carbonyl (C=O) groups is 3. The van der Waals surface area contributed by atoms with Crippen LogP contribution in [0.3, 0.4) is 0 Å². The van der Waals surface area contributed by atoms with Gasteiger partial charge in [0.1, 0.15) is 18.2 Å². The summed E-state index contributed by atoms with van der Waals surface area (Å²) >= 11 is 0. The predicted octanol–water partition coefficient (Wildman–Crippen LogP) is 2.90. The first kappa shape index (κ1) is 23.4. The molecule has 3 saturated heterocycles. The minimum absolute atomic E-state index is 0.0166. The van der Waals surface area contributed by atoms with Gasteiger partial charge in [-0.2, -0.15) is 5.06 Å². The summed E-state index contributed by atoms with van der Waals surface area (Å²) in [6.07, 6.45) is 2.36. The van der Waals surface area contributed by atoms with Gasteiger partial charge in [0.05, 0.1) is 6.04 Å². The van der Waals surface area contributed by atoms with Gasteiger partial charge >= 0.3 is 12.1 Å². The molecule has 9 heteroatoms. The number of ether oxygens (including phenoxy) is 1. The number of nitrogens with zero attached hydrogens (tertiary/aromatic N) is 3. The summed E-state index contributed by atoms with van der Waals surface area (Å²) in [4.78, 5) is 47.3. The lowest BCUT2D eigenvalue weighted by molar-refractivity contribution is -0.140.